The Morgan fingerprint density at radius 1 is 1.15 bits per heavy atom. The van der Waals surface area contributed by atoms with Crippen LogP contribution in [0.3, 0.4) is 0 Å². The van der Waals surface area contributed by atoms with Crippen LogP contribution in [0.25, 0.3) is 0 Å². The number of carbonyl (C=O) groups is 2. The summed E-state index contributed by atoms with van der Waals surface area (Å²) in [5.41, 5.74) is -0.0807. The van der Waals surface area contributed by atoms with Gasteiger partial charge in [0.15, 0.2) is 11.9 Å². The maximum absolute atomic E-state index is 13.4. The Balaban J connectivity index is 1.85. The minimum Gasteiger partial charge on any atom is -0.480 e. The van der Waals surface area contributed by atoms with Gasteiger partial charge in [-0.25, -0.2) is 0 Å². The molecule has 2 aromatic rings. The first-order valence-corrected chi connectivity index (χ1v) is 11.7. The number of aromatic nitrogens is 1. The first-order chi connectivity index (χ1) is 16.5. The van der Waals surface area contributed by atoms with Gasteiger partial charge in [0, 0.05) is 45.1 Å². The van der Waals surface area contributed by atoms with Gasteiger partial charge >= 0.3 is 0 Å². The van der Waals surface area contributed by atoms with Gasteiger partial charge in [-0.15, -0.1) is 0 Å². The molecular formula is C26H31N3O5. The molecule has 0 bridgehead atoms. The van der Waals surface area contributed by atoms with E-state index in [9.17, 15) is 19.6 Å². The second kappa shape index (κ2) is 12.1. The highest BCUT2D eigenvalue weighted by atomic mass is 16.5. The molecule has 0 radical (unpaired) electrons. The number of benzene rings is 1. The van der Waals surface area contributed by atoms with Crippen LogP contribution in [0.4, 0.5) is 0 Å². The van der Waals surface area contributed by atoms with Gasteiger partial charge in [0.2, 0.25) is 0 Å². The van der Waals surface area contributed by atoms with Crippen molar-refractivity contribution in [2.75, 3.05) is 26.8 Å². The van der Waals surface area contributed by atoms with E-state index in [-0.39, 0.29) is 28.4 Å². The number of hydrogen-bond acceptors (Lipinski definition) is 6. The molecule has 1 amide bonds. The number of aryl methyl sites for hydroxylation is 1. The Kier molecular flexibility index (Phi) is 9.00. The molecule has 2 heterocycles. The zero-order chi connectivity index (χ0) is 24.5. The lowest BCUT2D eigenvalue weighted by Crippen LogP contribution is -2.41. The topological polar surface area (TPSA) is 102 Å². The third-order valence-electron chi connectivity index (χ3n) is 5.92. The molecule has 0 N–H and O–H groups in total. The number of likely N-dealkylation sites (tertiary alicyclic amines) is 1. The van der Waals surface area contributed by atoms with Crippen LogP contribution in [-0.4, -0.2) is 54.1 Å². The zero-order valence-electron chi connectivity index (χ0n) is 19.8. The van der Waals surface area contributed by atoms with E-state index >= 15 is 0 Å². The Hall–Kier alpha value is -3.44. The fourth-order valence-corrected chi connectivity index (χ4v) is 4.09. The van der Waals surface area contributed by atoms with Crippen LogP contribution in [0.2, 0.25) is 0 Å². The van der Waals surface area contributed by atoms with E-state index < -0.39 is 11.7 Å². The minimum atomic E-state index is -0.746. The van der Waals surface area contributed by atoms with Crippen molar-refractivity contribution in [3.63, 3.8) is 0 Å². The quantitative estimate of drug-likeness (QED) is 0.416. The Bertz CT molecular complexity index is 1110. The Morgan fingerprint density at radius 2 is 1.85 bits per heavy atom. The van der Waals surface area contributed by atoms with E-state index in [0.717, 1.165) is 25.7 Å². The zero-order valence-corrected chi connectivity index (χ0v) is 19.8. The summed E-state index contributed by atoms with van der Waals surface area (Å²) in [5.74, 6) is -0.191. The highest BCUT2D eigenvalue weighted by Gasteiger charge is 2.25. The number of nitriles is 1. The van der Waals surface area contributed by atoms with Crippen molar-refractivity contribution < 1.29 is 19.1 Å². The van der Waals surface area contributed by atoms with E-state index in [4.69, 9.17) is 9.47 Å². The average Bonchev–Trinajstić information content (AvgIpc) is 3.14. The van der Waals surface area contributed by atoms with Gasteiger partial charge in [-0.05, 0) is 44.4 Å². The fraction of sp³-hybridized carbons (Fsp3) is 0.462. The van der Waals surface area contributed by atoms with Gasteiger partial charge in [0.25, 0.3) is 11.5 Å². The van der Waals surface area contributed by atoms with E-state index in [2.05, 4.69) is 0 Å². The first-order valence-electron chi connectivity index (χ1n) is 11.7. The summed E-state index contributed by atoms with van der Waals surface area (Å²) in [5, 5.41) is 9.40. The molecule has 1 fully saturated rings. The molecule has 8 nitrogen and oxygen atoms in total. The summed E-state index contributed by atoms with van der Waals surface area (Å²) in [6.45, 7) is 3.90. The predicted octanol–water partition coefficient (Wildman–Crippen LogP) is 3.16. The number of methoxy groups -OCH3 is 1. The monoisotopic (exact) mass is 465 g/mol. The maximum Gasteiger partial charge on any atom is 0.268 e. The number of carbonyl (C=O) groups excluding carboxylic acids is 2. The summed E-state index contributed by atoms with van der Waals surface area (Å²) < 4.78 is 12.4. The molecule has 34 heavy (non-hydrogen) atoms. The first kappa shape index (κ1) is 25.2. The fourth-order valence-electron chi connectivity index (χ4n) is 4.09. The number of rotatable bonds is 9. The Morgan fingerprint density at radius 3 is 2.53 bits per heavy atom. The van der Waals surface area contributed by atoms with E-state index in [1.807, 2.05) is 11.0 Å². The lowest BCUT2D eigenvalue weighted by Gasteiger charge is -2.25. The van der Waals surface area contributed by atoms with Crippen LogP contribution >= 0.6 is 0 Å². The second-order valence-corrected chi connectivity index (χ2v) is 8.42. The second-order valence-electron chi connectivity index (χ2n) is 8.42. The van der Waals surface area contributed by atoms with Crippen LogP contribution in [0, 0.1) is 11.3 Å². The molecule has 8 heteroatoms. The lowest BCUT2D eigenvalue weighted by atomic mass is 10.0. The molecule has 1 aromatic carbocycles. The predicted molar refractivity (Wildman–Crippen MR) is 127 cm³/mol. The van der Waals surface area contributed by atoms with E-state index in [1.54, 1.807) is 38.3 Å². The number of ketones is 1. The smallest absolute Gasteiger partial charge is 0.268 e. The van der Waals surface area contributed by atoms with Crippen molar-refractivity contribution in [3.8, 4) is 11.8 Å². The van der Waals surface area contributed by atoms with Crippen LogP contribution in [0.15, 0.2) is 41.3 Å². The normalized spacial score (nSPS) is 14.7. The summed E-state index contributed by atoms with van der Waals surface area (Å²) in [6.07, 6.45) is 5.48. The van der Waals surface area contributed by atoms with Gasteiger partial charge in [0.1, 0.15) is 17.4 Å². The van der Waals surface area contributed by atoms with Crippen molar-refractivity contribution in [3.05, 3.63) is 63.6 Å². The molecule has 0 unspecified atom stereocenters. The molecule has 1 aliphatic heterocycles. The molecule has 3 rings (SSSR count). The highest BCUT2D eigenvalue weighted by molar-refractivity contribution is 6.10. The third-order valence-corrected chi connectivity index (χ3v) is 5.92. The highest BCUT2D eigenvalue weighted by Crippen LogP contribution is 2.24. The minimum absolute atomic E-state index is 0.0948. The summed E-state index contributed by atoms with van der Waals surface area (Å²) in [7, 11) is 1.57. The van der Waals surface area contributed by atoms with Gasteiger partial charge in [0.05, 0.1) is 5.56 Å². The Labute approximate surface area is 199 Å². The van der Waals surface area contributed by atoms with E-state index in [1.165, 1.54) is 16.8 Å². The molecule has 0 spiro atoms. The molecule has 1 aromatic heterocycles. The summed E-state index contributed by atoms with van der Waals surface area (Å²) in [6, 6.07) is 9.90. The average molecular weight is 466 g/mol. The maximum atomic E-state index is 13.4. The van der Waals surface area contributed by atoms with Crippen molar-refractivity contribution in [2.24, 2.45) is 0 Å². The van der Waals surface area contributed by atoms with Gasteiger partial charge < -0.3 is 18.9 Å². The van der Waals surface area contributed by atoms with Crippen LogP contribution in [-0.2, 0) is 16.1 Å². The van der Waals surface area contributed by atoms with Crippen molar-refractivity contribution in [2.45, 2.75) is 51.7 Å². The summed E-state index contributed by atoms with van der Waals surface area (Å²) in [4.78, 5) is 40.7. The molecular weight excluding hydrogens is 434 g/mol. The van der Waals surface area contributed by atoms with Crippen LogP contribution < -0.4 is 10.3 Å². The van der Waals surface area contributed by atoms with Gasteiger partial charge in [-0.3, -0.25) is 14.4 Å². The number of nitrogens with zero attached hydrogens (tertiary/aromatic N) is 3. The summed E-state index contributed by atoms with van der Waals surface area (Å²) >= 11 is 0. The van der Waals surface area contributed by atoms with Gasteiger partial charge in [-0.1, -0.05) is 25.0 Å². The van der Waals surface area contributed by atoms with Crippen molar-refractivity contribution in [1.29, 1.82) is 5.26 Å². The third kappa shape index (κ3) is 6.12. The molecule has 1 atom stereocenters. The van der Waals surface area contributed by atoms with Crippen molar-refractivity contribution in [1.82, 2.24) is 9.47 Å². The largest absolute Gasteiger partial charge is 0.480 e. The lowest BCUT2D eigenvalue weighted by molar-refractivity contribution is -0.137. The van der Waals surface area contributed by atoms with Crippen LogP contribution in [0.1, 0.15) is 60.5 Å². The number of pyridine rings is 1. The standard InChI is InChI=1S/C26H31N3O5/c1-19(25(31)28-12-7-3-4-8-13-28)34-23-11-6-5-10-22(23)24(30)21-16-20(17-27)26(32)29(18-21)14-9-15-33-2/h5-6,10-11,16,18-19H,3-4,7-9,12-15H2,1-2H3/t19-/m1/s1. The molecule has 180 valence electrons. The SMILES string of the molecule is COCCCn1cc(C(=O)c2ccccc2O[C@H](C)C(=O)N2CCCCCC2)cc(C#N)c1=O. The number of ether oxygens (including phenoxy) is 2. The molecule has 1 aliphatic rings. The number of para-hydroxylation sites is 1. The molecule has 0 aliphatic carbocycles. The van der Waals surface area contributed by atoms with Crippen LogP contribution in [0.5, 0.6) is 5.75 Å². The van der Waals surface area contributed by atoms with E-state index in [0.29, 0.717) is 38.4 Å². The molecule has 1 saturated heterocycles. The van der Waals surface area contributed by atoms with Crippen molar-refractivity contribution >= 4 is 11.7 Å². The van der Waals surface area contributed by atoms with Gasteiger partial charge in [-0.2, -0.15) is 5.26 Å². The number of hydrogen-bond donors (Lipinski definition) is 0. The molecule has 0 saturated carbocycles. The number of amides is 1.